The van der Waals surface area contributed by atoms with E-state index in [9.17, 15) is 14.7 Å². The molecule has 1 saturated heterocycles. The topological polar surface area (TPSA) is 102 Å². The zero-order valence-electron chi connectivity index (χ0n) is 17.9. The van der Waals surface area contributed by atoms with Crippen molar-refractivity contribution in [3.63, 3.8) is 0 Å². The summed E-state index contributed by atoms with van der Waals surface area (Å²) < 4.78 is 16.1. The van der Waals surface area contributed by atoms with Gasteiger partial charge in [0, 0.05) is 17.2 Å². The quantitative estimate of drug-likeness (QED) is 0.355. The highest BCUT2D eigenvalue weighted by atomic mass is 16.5. The third-order valence-electron chi connectivity index (χ3n) is 5.18. The van der Waals surface area contributed by atoms with Gasteiger partial charge in [0.2, 0.25) is 0 Å². The minimum absolute atomic E-state index is 0.0655. The fraction of sp³-hybridized carbons (Fsp3) is 0.208. The number of aromatic nitrogens is 1. The van der Waals surface area contributed by atoms with Crippen LogP contribution in [0.4, 0.5) is 5.82 Å². The average Bonchev–Trinajstić information content (AvgIpc) is 3.34. The van der Waals surface area contributed by atoms with Gasteiger partial charge >= 0.3 is 5.91 Å². The van der Waals surface area contributed by atoms with Gasteiger partial charge in [0.05, 0.1) is 19.3 Å². The molecule has 8 nitrogen and oxygen atoms in total. The lowest BCUT2D eigenvalue weighted by atomic mass is 9.94. The Balaban J connectivity index is 1.91. The lowest BCUT2D eigenvalue weighted by Gasteiger charge is -2.24. The number of methoxy groups -OCH3 is 1. The molecular formula is C24H22N2O6. The molecule has 1 aliphatic rings. The number of amides is 1. The molecule has 1 atom stereocenters. The number of benzene rings is 2. The van der Waals surface area contributed by atoms with E-state index in [1.165, 1.54) is 12.0 Å². The lowest BCUT2D eigenvalue weighted by Crippen LogP contribution is -2.29. The van der Waals surface area contributed by atoms with Gasteiger partial charge in [-0.05, 0) is 44.2 Å². The van der Waals surface area contributed by atoms with Crippen LogP contribution in [0.3, 0.4) is 0 Å². The number of Topliss-reactive ketones (excluding diaryl/α,β-unsaturated/α-hetero) is 1. The summed E-state index contributed by atoms with van der Waals surface area (Å²) in [4.78, 5) is 27.4. The van der Waals surface area contributed by atoms with Crippen molar-refractivity contribution in [3.05, 3.63) is 77.1 Å². The van der Waals surface area contributed by atoms with Crippen LogP contribution in [0.25, 0.3) is 5.76 Å². The Morgan fingerprint density at radius 3 is 2.50 bits per heavy atom. The lowest BCUT2D eigenvalue weighted by molar-refractivity contribution is -0.132. The van der Waals surface area contributed by atoms with E-state index in [0.29, 0.717) is 35.0 Å². The summed E-state index contributed by atoms with van der Waals surface area (Å²) in [6.07, 6.45) is 0. The third kappa shape index (κ3) is 3.60. The summed E-state index contributed by atoms with van der Waals surface area (Å²) in [5, 5.41) is 15.1. The van der Waals surface area contributed by atoms with Crippen LogP contribution in [0, 0.1) is 6.92 Å². The highest BCUT2D eigenvalue weighted by Crippen LogP contribution is 2.44. The van der Waals surface area contributed by atoms with Crippen molar-refractivity contribution in [2.24, 2.45) is 0 Å². The van der Waals surface area contributed by atoms with Gasteiger partial charge in [-0.15, -0.1) is 0 Å². The number of anilines is 1. The Labute approximate surface area is 184 Å². The second-order valence-corrected chi connectivity index (χ2v) is 7.16. The van der Waals surface area contributed by atoms with Gasteiger partial charge in [0.25, 0.3) is 5.78 Å². The molecule has 1 aromatic heterocycles. The SMILES string of the molecule is CCOc1ccc(/C(O)=C2\C(=O)C(=O)N(c3cc(C)on3)[C@H]2c2ccccc2OC)cc1. The van der Waals surface area contributed by atoms with Crippen molar-refractivity contribution in [1.29, 1.82) is 0 Å². The minimum atomic E-state index is -0.956. The molecule has 1 fully saturated rings. The summed E-state index contributed by atoms with van der Waals surface area (Å²) in [6.45, 7) is 4.06. The number of para-hydroxylation sites is 1. The molecule has 164 valence electrons. The molecule has 2 aromatic carbocycles. The molecule has 0 spiro atoms. The van der Waals surface area contributed by atoms with E-state index < -0.39 is 17.7 Å². The highest BCUT2D eigenvalue weighted by Gasteiger charge is 2.49. The second kappa shape index (κ2) is 8.58. The van der Waals surface area contributed by atoms with Crippen LogP contribution >= 0.6 is 0 Å². The van der Waals surface area contributed by atoms with Crippen LogP contribution < -0.4 is 14.4 Å². The van der Waals surface area contributed by atoms with E-state index in [1.54, 1.807) is 61.5 Å². The summed E-state index contributed by atoms with van der Waals surface area (Å²) in [6, 6.07) is 14.2. The van der Waals surface area contributed by atoms with Crippen molar-refractivity contribution >= 4 is 23.3 Å². The molecule has 3 aromatic rings. The van der Waals surface area contributed by atoms with E-state index in [-0.39, 0.29) is 17.2 Å². The zero-order chi connectivity index (χ0) is 22.8. The van der Waals surface area contributed by atoms with Gasteiger partial charge in [-0.3, -0.25) is 14.5 Å². The fourth-order valence-corrected chi connectivity index (χ4v) is 3.75. The summed E-state index contributed by atoms with van der Waals surface area (Å²) in [5.74, 6) is -0.204. The van der Waals surface area contributed by atoms with E-state index in [1.807, 2.05) is 6.92 Å². The third-order valence-corrected chi connectivity index (χ3v) is 5.18. The molecule has 0 aliphatic carbocycles. The largest absolute Gasteiger partial charge is 0.507 e. The van der Waals surface area contributed by atoms with Gasteiger partial charge in [0.1, 0.15) is 29.1 Å². The van der Waals surface area contributed by atoms with E-state index in [4.69, 9.17) is 14.0 Å². The van der Waals surface area contributed by atoms with Gasteiger partial charge in [-0.2, -0.15) is 0 Å². The highest BCUT2D eigenvalue weighted by molar-refractivity contribution is 6.51. The van der Waals surface area contributed by atoms with E-state index >= 15 is 0 Å². The normalized spacial score (nSPS) is 17.6. The summed E-state index contributed by atoms with van der Waals surface area (Å²) >= 11 is 0. The standard InChI is InChI=1S/C24H22N2O6/c1-4-31-16-11-9-15(10-12-16)22(27)20-21(17-7-5-6-8-18(17)30-3)26(24(29)23(20)28)19-13-14(2)32-25-19/h5-13,21,27H,4H2,1-3H3/b22-20+/t21-/m0/s1. The van der Waals surface area contributed by atoms with Gasteiger partial charge in [0.15, 0.2) is 5.82 Å². The Kier molecular flexibility index (Phi) is 5.68. The van der Waals surface area contributed by atoms with Crippen LogP contribution in [-0.4, -0.2) is 35.7 Å². The molecule has 0 unspecified atom stereocenters. The number of carbonyl (C=O) groups excluding carboxylic acids is 2. The number of nitrogens with zero attached hydrogens (tertiary/aromatic N) is 2. The number of aryl methyl sites for hydroxylation is 1. The molecule has 8 heteroatoms. The molecule has 1 aliphatic heterocycles. The first-order valence-electron chi connectivity index (χ1n) is 10.1. The van der Waals surface area contributed by atoms with Crippen LogP contribution in [0.15, 0.2) is 64.7 Å². The van der Waals surface area contributed by atoms with Crippen molar-refractivity contribution in [1.82, 2.24) is 5.16 Å². The molecule has 4 rings (SSSR count). The first-order chi connectivity index (χ1) is 15.5. The van der Waals surface area contributed by atoms with Crippen LogP contribution in [0.1, 0.15) is 29.9 Å². The smallest absolute Gasteiger partial charge is 0.301 e. The van der Waals surface area contributed by atoms with Gasteiger partial charge in [-0.1, -0.05) is 23.4 Å². The number of hydrogen-bond acceptors (Lipinski definition) is 7. The Morgan fingerprint density at radius 2 is 1.88 bits per heavy atom. The van der Waals surface area contributed by atoms with Crippen molar-refractivity contribution in [3.8, 4) is 11.5 Å². The Bertz CT molecular complexity index is 1200. The predicted octanol–water partition coefficient (Wildman–Crippen LogP) is 4.02. The number of aliphatic hydroxyl groups is 1. The monoisotopic (exact) mass is 434 g/mol. The van der Waals surface area contributed by atoms with Crippen molar-refractivity contribution in [2.75, 3.05) is 18.6 Å². The molecule has 1 amide bonds. The van der Waals surface area contributed by atoms with Gasteiger partial charge in [-0.25, -0.2) is 0 Å². The minimum Gasteiger partial charge on any atom is -0.507 e. The van der Waals surface area contributed by atoms with Gasteiger partial charge < -0.3 is 19.1 Å². The average molecular weight is 434 g/mol. The zero-order valence-corrected chi connectivity index (χ0v) is 17.9. The first kappa shape index (κ1) is 21.2. The molecule has 32 heavy (non-hydrogen) atoms. The van der Waals surface area contributed by atoms with Crippen LogP contribution in [0.2, 0.25) is 0 Å². The number of ketones is 1. The molecule has 0 saturated carbocycles. The Hall–Kier alpha value is -4.07. The summed E-state index contributed by atoms with van der Waals surface area (Å²) in [7, 11) is 1.50. The van der Waals surface area contributed by atoms with E-state index in [0.717, 1.165) is 0 Å². The van der Waals surface area contributed by atoms with Crippen LogP contribution in [0.5, 0.6) is 11.5 Å². The van der Waals surface area contributed by atoms with Crippen LogP contribution in [-0.2, 0) is 9.59 Å². The molecule has 2 heterocycles. The maximum atomic E-state index is 13.1. The molecule has 0 radical (unpaired) electrons. The number of aliphatic hydroxyl groups excluding tert-OH is 1. The predicted molar refractivity (Wildman–Crippen MR) is 117 cm³/mol. The maximum absolute atomic E-state index is 13.1. The molecule has 0 bridgehead atoms. The van der Waals surface area contributed by atoms with Crippen molar-refractivity contribution < 1.29 is 28.7 Å². The van der Waals surface area contributed by atoms with Crippen molar-refractivity contribution in [2.45, 2.75) is 19.9 Å². The Morgan fingerprint density at radius 1 is 1.16 bits per heavy atom. The number of rotatable bonds is 6. The fourth-order valence-electron chi connectivity index (χ4n) is 3.75. The molecule has 1 N–H and O–H groups in total. The summed E-state index contributed by atoms with van der Waals surface area (Å²) in [5.41, 5.74) is 0.842. The number of carbonyl (C=O) groups is 2. The van der Waals surface area contributed by atoms with E-state index in [2.05, 4.69) is 5.16 Å². The first-order valence-corrected chi connectivity index (χ1v) is 10.1. The number of hydrogen-bond donors (Lipinski definition) is 1. The maximum Gasteiger partial charge on any atom is 0.301 e. The molecular weight excluding hydrogens is 412 g/mol. The number of ether oxygens (including phenoxy) is 2. The second-order valence-electron chi connectivity index (χ2n) is 7.16.